The van der Waals surface area contributed by atoms with Crippen LogP contribution < -0.4 is 9.47 Å². The number of hydrogen-bond acceptors (Lipinski definition) is 4. The van der Waals surface area contributed by atoms with Crippen LogP contribution >= 0.6 is 10.7 Å². The van der Waals surface area contributed by atoms with E-state index in [9.17, 15) is 8.42 Å². The van der Waals surface area contributed by atoms with Gasteiger partial charge in [0.15, 0.2) is 0 Å². The highest BCUT2D eigenvalue weighted by Gasteiger charge is 2.10. The molecule has 100 valence electrons. The van der Waals surface area contributed by atoms with Crippen LogP contribution in [0.3, 0.4) is 0 Å². The van der Waals surface area contributed by atoms with E-state index in [1.54, 1.807) is 43.5 Å². The molecule has 0 heterocycles. The zero-order valence-corrected chi connectivity index (χ0v) is 11.6. The van der Waals surface area contributed by atoms with Crippen molar-refractivity contribution in [3.05, 3.63) is 48.5 Å². The number of ether oxygens (including phenoxy) is 2. The van der Waals surface area contributed by atoms with E-state index >= 15 is 0 Å². The van der Waals surface area contributed by atoms with Crippen molar-refractivity contribution in [1.29, 1.82) is 0 Å². The van der Waals surface area contributed by atoms with Gasteiger partial charge in [-0.15, -0.1) is 0 Å². The van der Waals surface area contributed by atoms with Gasteiger partial charge in [0.05, 0.1) is 12.0 Å². The van der Waals surface area contributed by atoms with Crippen LogP contribution in [0.25, 0.3) is 0 Å². The van der Waals surface area contributed by atoms with Crippen LogP contribution in [-0.2, 0) is 9.05 Å². The van der Waals surface area contributed by atoms with Gasteiger partial charge in [0, 0.05) is 16.7 Å². The smallest absolute Gasteiger partial charge is 0.261 e. The Bertz CT molecular complexity index is 665. The molecule has 0 saturated carbocycles. The van der Waals surface area contributed by atoms with Gasteiger partial charge in [0.1, 0.15) is 17.2 Å². The van der Waals surface area contributed by atoms with E-state index in [0.29, 0.717) is 17.2 Å². The lowest BCUT2D eigenvalue weighted by molar-refractivity contribution is 0.413. The third-order valence-corrected chi connectivity index (χ3v) is 3.73. The second-order valence-electron chi connectivity index (χ2n) is 3.69. The Balaban J connectivity index is 2.23. The first-order valence-corrected chi connectivity index (χ1v) is 7.66. The summed E-state index contributed by atoms with van der Waals surface area (Å²) in [5.41, 5.74) is 0. The highest BCUT2D eigenvalue weighted by Crippen LogP contribution is 2.26. The Morgan fingerprint density at radius 2 is 1.58 bits per heavy atom. The summed E-state index contributed by atoms with van der Waals surface area (Å²) in [6, 6.07) is 12.9. The maximum Gasteiger partial charge on any atom is 0.261 e. The van der Waals surface area contributed by atoms with Crippen LogP contribution in [-0.4, -0.2) is 15.5 Å². The zero-order chi connectivity index (χ0) is 13.9. The summed E-state index contributed by atoms with van der Waals surface area (Å²) in [5, 5.41) is 0. The summed E-state index contributed by atoms with van der Waals surface area (Å²) in [4.78, 5) is 0.000165. The number of methoxy groups -OCH3 is 1. The number of rotatable bonds is 4. The summed E-state index contributed by atoms with van der Waals surface area (Å²) < 4.78 is 33.0. The van der Waals surface area contributed by atoms with E-state index in [-0.39, 0.29) is 4.90 Å². The van der Waals surface area contributed by atoms with Crippen LogP contribution in [0.2, 0.25) is 0 Å². The fourth-order valence-electron chi connectivity index (χ4n) is 1.47. The standard InChI is InChI=1S/C13H11ClO4S/c1-17-10-5-7-11(8-6-10)18-12-3-2-4-13(9-12)19(14,15)16/h2-9H,1H3. The van der Waals surface area contributed by atoms with Crippen molar-refractivity contribution in [2.24, 2.45) is 0 Å². The topological polar surface area (TPSA) is 52.6 Å². The van der Waals surface area contributed by atoms with Crippen LogP contribution in [0.1, 0.15) is 0 Å². The molecule has 0 aliphatic carbocycles. The molecule has 2 aromatic carbocycles. The van der Waals surface area contributed by atoms with Crippen LogP contribution in [0, 0.1) is 0 Å². The molecule has 0 bridgehead atoms. The Hall–Kier alpha value is -1.72. The minimum Gasteiger partial charge on any atom is -0.497 e. The highest BCUT2D eigenvalue weighted by atomic mass is 35.7. The summed E-state index contributed by atoms with van der Waals surface area (Å²) in [6.45, 7) is 0. The molecule has 0 fully saturated rings. The highest BCUT2D eigenvalue weighted by molar-refractivity contribution is 8.13. The van der Waals surface area contributed by atoms with Gasteiger partial charge in [-0.2, -0.15) is 0 Å². The molecule has 6 heteroatoms. The average Bonchev–Trinajstić information content (AvgIpc) is 2.39. The summed E-state index contributed by atoms with van der Waals surface area (Å²) in [6.07, 6.45) is 0. The zero-order valence-electron chi connectivity index (χ0n) is 10.0. The van der Waals surface area contributed by atoms with Gasteiger partial charge in [-0.05, 0) is 36.4 Å². The molecule has 0 saturated heterocycles. The van der Waals surface area contributed by atoms with Gasteiger partial charge < -0.3 is 9.47 Å². The summed E-state index contributed by atoms with van der Waals surface area (Å²) in [5.74, 6) is 1.68. The minimum absolute atomic E-state index is 0.000165. The second-order valence-corrected chi connectivity index (χ2v) is 6.26. The van der Waals surface area contributed by atoms with Crippen LogP contribution in [0.4, 0.5) is 0 Å². The molecule has 0 aromatic heterocycles. The minimum atomic E-state index is -3.76. The molecule has 4 nitrogen and oxygen atoms in total. The van der Waals surface area contributed by atoms with E-state index < -0.39 is 9.05 Å². The van der Waals surface area contributed by atoms with E-state index in [1.165, 1.54) is 12.1 Å². The van der Waals surface area contributed by atoms with Crippen molar-refractivity contribution in [2.75, 3.05) is 7.11 Å². The molecule has 0 aliphatic heterocycles. The van der Waals surface area contributed by atoms with E-state index in [1.807, 2.05) is 0 Å². The molecule has 0 radical (unpaired) electrons. The van der Waals surface area contributed by atoms with Gasteiger partial charge >= 0.3 is 0 Å². The number of halogens is 1. The van der Waals surface area contributed by atoms with E-state index in [4.69, 9.17) is 20.2 Å². The molecule has 2 rings (SSSR count). The Morgan fingerprint density at radius 1 is 0.947 bits per heavy atom. The van der Waals surface area contributed by atoms with Gasteiger partial charge in [0.2, 0.25) is 0 Å². The second kappa shape index (κ2) is 5.50. The lowest BCUT2D eigenvalue weighted by Gasteiger charge is -2.07. The van der Waals surface area contributed by atoms with Crippen molar-refractivity contribution in [3.8, 4) is 17.2 Å². The predicted molar refractivity (Wildman–Crippen MR) is 72.5 cm³/mol. The average molecular weight is 299 g/mol. The molecular formula is C13H11ClO4S. The third kappa shape index (κ3) is 3.62. The van der Waals surface area contributed by atoms with Crippen LogP contribution in [0.5, 0.6) is 17.2 Å². The molecular weight excluding hydrogens is 288 g/mol. The summed E-state index contributed by atoms with van der Waals surface area (Å²) in [7, 11) is 3.09. The normalized spacial score (nSPS) is 11.1. The molecule has 0 amide bonds. The van der Waals surface area contributed by atoms with Crippen molar-refractivity contribution < 1.29 is 17.9 Å². The SMILES string of the molecule is COc1ccc(Oc2cccc(S(=O)(=O)Cl)c2)cc1. The Kier molecular flexibility index (Phi) is 3.97. The maximum atomic E-state index is 11.2. The Morgan fingerprint density at radius 3 is 2.16 bits per heavy atom. The van der Waals surface area contributed by atoms with Crippen molar-refractivity contribution >= 4 is 19.7 Å². The lowest BCUT2D eigenvalue weighted by Crippen LogP contribution is -1.91. The quantitative estimate of drug-likeness (QED) is 0.812. The van der Waals surface area contributed by atoms with E-state index in [2.05, 4.69) is 0 Å². The van der Waals surface area contributed by atoms with Crippen LogP contribution in [0.15, 0.2) is 53.4 Å². The predicted octanol–water partition coefficient (Wildman–Crippen LogP) is 3.42. The van der Waals surface area contributed by atoms with Gasteiger partial charge in [-0.25, -0.2) is 8.42 Å². The fraction of sp³-hybridized carbons (Fsp3) is 0.0769. The Labute approximate surface area is 116 Å². The van der Waals surface area contributed by atoms with E-state index in [0.717, 1.165) is 0 Å². The number of benzene rings is 2. The molecule has 0 unspecified atom stereocenters. The first-order valence-electron chi connectivity index (χ1n) is 5.36. The van der Waals surface area contributed by atoms with Crippen molar-refractivity contribution in [2.45, 2.75) is 4.90 Å². The van der Waals surface area contributed by atoms with Crippen molar-refractivity contribution in [3.63, 3.8) is 0 Å². The first-order chi connectivity index (χ1) is 8.99. The van der Waals surface area contributed by atoms with Gasteiger partial charge in [0.25, 0.3) is 9.05 Å². The molecule has 0 atom stereocenters. The summed E-state index contributed by atoms with van der Waals surface area (Å²) >= 11 is 0. The molecule has 2 aromatic rings. The molecule has 19 heavy (non-hydrogen) atoms. The maximum absolute atomic E-state index is 11.2. The lowest BCUT2D eigenvalue weighted by atomic mass is 10.3. The van der Waals surface area contributed by atoms with Gasteiger partial charge in [-0.3, -0.25) is 0 Å². The number of hydrogen-bond donors (Lipinski definition) is 0. The van der Waals surface area contributed by atoms with Crippen molar-refractivity contribution in [1.82, 2.24) is 0 Å². The first kappa shape index (κ1) is 13.7. The monoisotopic (exact) mass is 298 g/mol. The third-order valence-electron chi connectivity index (χ3n) is 2.38. The largest absolute Gasteiger partial charge is 0.497 e. The fourth-order valence-corrected chi connectivity index (χ4v) is 2.26. The molecule has 0 aliphatic rings. The molecule has 0 N–H and O–H groups in total. The van der Waals surface area contributed by atoms with Gasteiger partial charge in [-0.1, -0.05) is 6.07 Å². The molecule has 0 spiro atoms.